The van der Waals surface area contributed by atoms with Crippen molar-refractivity contribution in [3.05, 3.63) is 171 Å². The predicted molar refractivity (Wildman–Crippen MR) is 208 cm³/mol. The Bertz CT molecular complexity index is 2350. The molecule has 1 heterocycles. The number of anilines is 3. The highest BCUT2D eigenvalue weighted by atomic mass is 32.1. The third-order valence-electron chi connectivity index (χ3n) is 9.33. The Kier molecular flexibility index (Phi) is 8.77. The molecule has 1 aliphatic carbocycles. The van der Waals surface area contributed by atoms with Gasteiger partial charge in [0.2, 0.25) is 0 Å². The summed E-state index contributed by atoms with van der Waals surface area (Å²) in [7, 11) is 0. The maximum atomic E-state index is 13.4. The van der Waals surface area contributed by atoms with Gasteiger partial charge in [0.05, 0.1) is 12.6 Å². The second-order valence-corrected chi connectivity index (χ2v) is 14.3. The Balaban J connectivity index is 1.23. The highest BCUT2D eigenvalue weighted by molar-refractivity contribution is 7.16. The van der Waals surface area contributed by atoms with Gasteiger partial charge in [-0.2, -0.15) is 0 Å². The van der Waals surface area contributed by atoms with Crippen molar-refractivity contribution in [3.63, 3.8) is 0 Å². The molecule has 0 amide bonds. The van der Waals surface area contributed by atoms with Gasteiger partial charge in [-0.15, -0.1) is 11.3 Å². The molecule has 0 N–H and O–H groups in total. The highest BCUT2D eigenvalue weighted by Gasteiger charge is 2.32. The molecule has 242 valence electrons. The zero-order valence-corrected chi connectivity index (χ0v) is 29.3. The number of allylic oxidation sites excluding steroid dienone is 3. The third kappa shape index (κ3) is 6.05. The summed E-state index contributed by atoms with van der Waals surface area (Å²) < 4.78 is 0. The molecule has 5 heteroatoms. The van der Waals surface area contributed by atoms with Crippen molar-refractivity contribution < 1.29 is 4.79 Å². The number of carbonyl (C=O) groups is 1. The van der Waals surface area contributed by atoms with Crippen molar-refractivity contribution in [3.8, 4) is 16.5 Å². The lowest BCUT2D eigenvalue weighted by atomic mass is 10.0. The average molecular weight is 666 g/mol. The van der Waals surface area contributed by atoms with Crippen molar-refractivity contribution in [2.24, 2.45) is 0 Å². The van der Waals surface area contributed by atoms with E-state index in [-0.39, 0.29) is 11.5 Å². The molecule has 6 aromatic rings. The number of nitriles is 1. The molecule has 0 radical (unpaired) electrons. The first-order valence-corrected chi connectivity index (χ1v) is 17.6. The molecular formula is C45H35N3OS. The van der Waals surface area contributed by atoms with Crippen LogP contribution >= 0.6 is 11.3 Å². The molecular weight excluding hydrogens is 631 g/mol. The number of fused-ring (bicyclic) bond motifs is 2. The van der Waals surface area contributed by atoms with E-state index in [1.54, 1.807) is 29.5 Å². The molecule has 1 aliphatic rings. The molecule has 0 unspecified atom stereocenters. The maximum Gasteiger partial charge on any atom is 0.270 e. The lowest BCUT2D eigenvalue weighted by Gasteiger charge is -2.26. The molecule has 5 aromatic carbocycles. The van der Waals surface area contributed by atoms with Crippen LogP contribution in [0.4, 0.5) is 17.1 Å². The van der Waals surface area contributed by atoms with E-state index in [1.165, 1.54) is 11.1 Å². The summed E-state index contributed by atoms with van der Waals surface area (Å²) in [6.07, 6.45) is 1.82. The number of thiophene rings is 1. The Morgan fingerprint density at radius 2 is 1.32 bits per heavy atom. The summed E-state index contributed by atoms with van der Waals surface area (Å²) in [6.45, 7) is 16.4. The lowest BCUT2D eigenvalue weighted by Crippen LogP contribution is -2.10. The third-order valence-corrected chi connectivity index (χ3v) is 10.4. The van der Waals surface area contributed by atoms with Crippen molar-refractivity contribution in [2.45, 2.75) is 39.5 Å². The van der Waals surface area contributed by atoms with E-state index in [2.05, 4.69) is 128 Å². The van der Waals surface area contributed by atoms with E-state index >= 15 is 0 Å². The standard InChI is InChI=1S/C45H35N3OS/c1-28(2)30-12-17-35(18-13-30)48(36-19-14-31(15-20-36)29(3)4)37-21-16-32-24-34(11-10-33(32)25-37)43-23-22-38(50-43)26-41-44(42(27-46)47-5)39-8-6-7-9-40(39)45(41)49/h6-26,28-29H,1-4H3/b41-26+,44-42-. The van der Waals surface area contributed by atoms with E-state index in [4.69, 9.17) is 6.57 Å². The van der Waals surface area contributed by atoms with E-state index in [9.17, 15) is 10.1 Å². The second-order valence-electron chi connectivity index (χ2n) is 13.2. The highest BCUT2D eigenvalue weighted by Crippen LogP contribution is 2.42. The SMILES string of the molecule is [C-]#[N+]/C(C#N)=C1\C(=C/c2ccc(-c3ccc4cc(N(c5ccc(C(C)C)cc5)c5ccc(C(C)C)cc5)ccc4c3)s2)C(=O)c2ccccc21. The topological polar surface area (TPSA) is 48.5 Å². The van der Waals surface area contributed by atoms with Gasteiger partial charge in [0, 0.05) is 43.5 Å². The Hall–Kier alpha value is -6.01. The maximum absolute atomic E-state index is 13.4. The average Bonchev–Trinajstić information content (AvgIpc) is 3.72. The molecule has 7 rings (SSSR count). The van der Waals surface area contributed by atoms with Crippen molar-refractivity contribution in [1.82, 2.24) is 0 Å². The Morgan fingerprint density at radius 3 is 1.92 bits per heavy atom. The fourth-order valence-corrected chi connectivity index (χ4v) is 7.50. The number of benzene rings is 5. The molecule has 0 atom stereocenters. The quantitative estimate of drug-likeness (QED) is 0.0968. The van der Waals surface area contributed by atoms with Crippen LogP contribution in [0.15, 0.2) is 133 Å². The van der Waals surface area contributed by atoms with Gasteiger partial charge < -0.3 is 4.90 Å². The van der Waals surface area contributed by atoms with Crippen LogP contribution in [-0.2, 0) is 0 Å². The molecule has 50 heavy (non-hydrogen) atoms. The smallest absolute Gasteiger partial charge is 0.270 e. The van der Waals surface area contributed by atoms with Crippen LogP contribution in [0.5, 0.6) is 0 Å². The number of hydrogen-bond acceptors (Lipinski definition) is 4. The van der Waals surface area contributed by atoms with E-state index < -0.39 is 0 Å². The summed E-state index contributed by atoms with van der Waals surface area (Å²) in [5.74, 6) is 0.766. The molecule has 0 bridgehead atoms. The minimum atomic E-state index is -0.163. The second kappa shape index (κ2) is 13.5. The first kappa shape index (κ1) is 32.5. The lowest BCUT2D eigenvalue weighted by molar-refractivity contribution is 0.104. The summed E-state index contributed by atoms with van der Waals surface area (Å²) in [5, 5.41) is 12.0. The van der Waals surface area contributed by atoms with Gasteiger partial charge in [0.15, 0.2) is 5.78 Å². The molecule has 0 aliphatic heterocycles. The van der Waals surface area contributed by atoms with Crippen LogP contribution < -0.4 is 4.90 Å². The number of rotatable bonds is 7. The number of carbonyl (C=O) groups excluding carboxylic acids is 1. The first-order chi connectivity index (χ1) is 24.2. The number of ketones is 1. The van der Waals surface area contributed by atoms with Gasteiger partial charge in [-0.25, -0.2) is 10.1 Å². The fourth-order valence-electron chi connectivity index (χ4n) is 6.55. The Labute approximate surface area is 297 Å². The van der Waals surface area contributed by atoms with Crippen LogP contribution in [-0.4, -0.2) is 5.78 Å². The summed E-state index contributed by atoms with van der Waals surface area (Å²) in [4.78, 5) is 21.1. The summed E-state index contributed by atoms with van der Waals surface area (Å²) in [6, 6.07) is 44.1. The fraction of sp³-hybridized carbons (Fsp3) is 0.133. The van der Waals surface area contributed by atoms with E-state index in [0.717, 1.165) is 43.2 Å². The minimum Gasteiger partial charge on any atom is -0.310 e. The van der Waals surface area contributed by atoms with Gasteiger partial charge >= 0.3 is 0 Å². The van der Waals surface area contributed by atoms with Crippen LogP contribution in [0, 0.1) is 17.9 Å². The summed E-state index contributed by atoms with van der Waals surface area (Å²) in [5.41, 5.74) is 8.93. The van der Waals surface area contributed by atoms with Gasteiger partial charge in [0.1, 0.15) is 0 Å². The van der Waals surface area contributed by atoms with Crippen molar-refractivity contribution in [2.75, 3.05) is 4.90 Å². The van der Waals surface area contributed by atoms with Gasteiger partial charge in [-0.05, 0) is 106 Å². The number of Topliss-reactive ketones (excluding diaryl/α,β-unsaturated/α-hetero) is 1. The van der Waals surface area contributed by atoms with Crippen LogP contribution in [0.25, 0.3) is 37.7 Å². The van der Waals surface area contributed by atoms with E-state index in [1.807, 2.05) is 24.3 Å². The summed E-state index contributed by atoms with van der Waals surface area (Å²) >= 11 is 1.58. The van der Waals surface area contributed by atoms with Crippen LogP contribution in [0.3, 0.4) is 0 Å². The van der Waals surface area contributed by atoms with Gasteiger partial charge in [-0.3, -0.25) is 4.79 Å². The largest absolute Gasteiger partial charge is 0.310 e. The molecule has 4 nitrogen and oxygen atoms in total. The minimum absolute atomic E-state index is 0.0704. The molecule has 0 saturated carbocycles. The zero-order chi connectivity index (χ0) is 34.9. The normalized spacial score (nSPS) is 14.2. The van der Waals surface area contributed by atoms with Crippen molar-refractivity contribution in [1.29, 1.82) is 5.26 Å². The molecule has 0 spiro atoms. The zero-order valence-electron chi connectivity index (χ0n) is 28.4. The Morgan fingerprint density at radius 1 is 0.740 bits per heavy atom. The predicted octanol–water partition coefficient (Wildman–Crippen LogP) is 12.7. The van der Waals surface area contributed by atoms with Gasteiger partial charge in [0.25, 0.3) is 5.70 Å². The molecule has 1 aromatic heterocycles. The monoisotopic (exact) mass is 665 g/mol. The van der Waals surface area contributed by atoms with Crippen LogP contribution in [0.2, 0.25) is 0 Å². The molecule has 0 fully saturated rings. The van der Waals surface area contributed by atoms with Crippen molar-refractivity contribution >= 4 is 56.6 Å². The van der Waals surface area contributed by atoms with Crippen LogP contribution in [0.1, 0.15) is 71.5 Å². The van der Waals surface area contributed by atoms with E-state index in [0.29, 0.717) is 34.1 Å². The molecule has 0 saturated heterocycles. The van der Waals surface area contributed by atoms with Gasteiger partial charge in [-0.1, -0.05) is 94.4 Å². The first-order valence-electron chi connectivity index (χ1n) is 16.8. The number of nitrogens with zero attached hydrogens (tertiary/aromatic N) is 3. The number of hydrogen-bond donors (Lipinski definition) is 0.